The van der Waals surface area contributed by atoms with Gasteiger partial charge in [-0.1, -0.05) is 18.2 Å². The standard InChI is InChI=1S/C22H23N5O/c1-26(2)18-11-9-17(10-12-18)24-22-23-14-13-19(25-22)21(28)27-15-5-7-16-6-3-4-8-20(16)27/h3-4,6,8-14H,5,7,15H2,1-2H3,(H,23,24,25). The summed E-state index contributed by atoms with van der Waals surface area (Å²) in [6, 6.07) is 17.7. The molecule has 1 N–H and O–H groups in total. The van der Waals surface area contributed by atoms with E-state index >= 15 is 0 Å². The van der Waals surface area contributed by atoms with E-state index in [-0.39, 0.29) is 5.91 Å². The highest BCUT2D eigenvalue weighted by atomic mass is 16.2. The van der Waals surface area contributed by atoms with Gasteiger partial charge in [0.05, 0.1) is 0 Å². The van der Waals surface area contributed by atoms with E-state index in [1.54, 1.807) is 12.3 Å². The number of carbonyl (C=O) groups excluding carboxylic acids is 1. The third-order valence-corrected chi connectivity index (χ3v) is 4.87. The first kappa shape index (κ1) is 18.0. The summed E-state index contributed by atoms with van der Waals surface area (Å²) in [7, 11) is 4.00. The zero-order valence-corrected chi connectivity index (χ0v) is 16.1. The second-order valence-corrected chi connectivity index (χ2v) is 7.02. The van der Waals surface area contributed by atoms with E-state index < -0.39 is 0 Å². The normalized spacial score (nSPS) is 13.0. The number of para-hydroxylation sites is 1. The van der Waals surface area contributed by atoms with Crippen LogP contribution in [0.4, 0.5) is 23.0 Å². The summed E-state index contributed by atoms with van der Waals surface area (Å²) < 4.78 is 0. The number of nitrogens with zero attached hydrogens (tertiary/aromatic N) is 4. The number of benzene rings is 2. The van der Waals surface area contributed by atoms with Gasteiger partial charge in [0.15, 0.2) is 0 Å². The molecule has 6 heteroatoms. The predicted octanol–water partition coefficient (Wildman–Crippen LogP) is 3.88. The highest BCUT2D eigenvalue weighted by Crippen LogP contribution is 2.28. The first-order valence-electron chi connectivity index (χ1n) is 9.39. The first-order valence-corrected chi connectivity index (χ1v) is 9.39. The van der Waals surface area contributed by atoms with E-state index in [0.717, 1.165) is 29.9 Å². The molecule has 1 amide bonds. The van der Waals surface area contributed by atoms with Crippen LogP contribution in [0, 0.1) is 0 Å². The molecule has 0 saturated carbocycles. The zero-order chi connectivity index (χ0) is 19.5. The van der Waals surface area contributed by atoms with Gasteiger partial charge in [-0.2, -0.15) is 0 Å². The van der Waals surface area contributed by atoms with Crippen molar-refractivity contribution in [3.63, 3.8) is 0 Å². The first-order chi connectivity index (χ1) is 13.6. The second kappa shape index (κ2) is 7.68. The molecule has 0 bridgehead atoms. The molecule has 4 rings (SSSR count). The monoisotopic (exact) mass is 373 g/mol. The Balaban J connectivity index is 1.55. The quantitative estimate of drug-likeness (QED) is 0.752. The second-order valence-electron chi connectivity index (χ2n) is 7.02. The Kier molecular flexibility index (Phi) is 4.93. The van der Waals surface area contributed by atoms with E-state index in [2.05, 4.69) is 21.4 Å². The number of rotatable bonds is 4. The van der Waals surface area contributed by atoms with Crippen LogP contribution in [0.1, 0.15) is 22.5 Å². The smallest absolute Gasteiger partial charge is 0.277 e. The van der Waals surface area contributed by atoms with Crippen LogP contribution in [0.3, 0.4) is 0 Å². The predicted molar refractivity (Wildman–Crippen MR) is 113 cm³/mol. The van der Waals surface area contributed by atoms with Gasteiger partial charge in [0.2, 0.25) is 5.95 Å². The summed E-state index contributed by atoms with van der Waals surface area (Å²) in [6.45, 7) is 0.703. The number of hydrogen-bond acceptors (Lipinski definition) is 5. The third-order valence-electron chi connectivity index (χ3n) is 4.87. The lowest BCUT2D eigenvalue weighted by Gasteiger charge is -2.29. The molecule has 1 aliphatic rings. The number of carbonyl (C=O) groups is 1. The van der Waals surface area contributed by atoms with Crippen molar-refractivity contribution < 1.29 is 4.79 Å². The van der Waals surface area contributed by atoms with Gasteiger partial charge in [0, 0.05) is 43.9 Å². The van der Waals surface area contributed by atoms with Crippen molar-refractivity contribution in [2.45, 2.75) is 12.8 Å². The van der Waals surface area contributed by atoms with Gasteiger partial charge in [-0.3, -0.25) is 4.79 Å². The van der Waals surface area contributed by atoms with Crippen molar-refractivity contribution in [2.24, 2.45) is 0 Å². The van der Waals surface area contributed by atoms with Gasteiger partial charge in [-0.05, 0) is 54.8 Å². The van der Waals surface area contributed by atoms with Crippen LogP contribution in [0.15, 0.2) is 60.8 Å². The number of fused-ring (bicyclic) bond motifs is 1. The number of hydrogen-bond donors (Lipinski definition) is 1. The molecular weight excluding hydrogens is 350 g/mol. The van der Waals surface area contributed by atoms with Crippen molar-refractivity contribution in [2.75, 3.05) is 35.8 Å². The van der Waals surface area contributed by atoms with E-state index in [9.17, 15) is 4.79 Å². The Morgan fingerprint density at radius 2 is 1.86 bits per heavy atom. The topological polar surface area (TPSA) is 61.4 Å². The Labute approximate surface area is 164 Å². The summed E-state index contributed by atoms with van der Waals surface area (Å²) in [4.78, 5) is 25.7. The lowest BCUT2D eigenvalue weighted by Crippen LogP contribution is -2.36. The van der Waals surface area contributed by atoms with E-state index in [4.69, 9.17) is 0 Å². The van der Waals surface area contributed by atoms with Gasteiger partial charge in [0.25, 0.3) is 5.91 Å². The van der Waals surface area contributed by atoms with Gasteiger partial charge in [-0.15, -0.1) is 0 Å². The molecular formula is C22H23N5O. The van der Waals surface area contributed by atoms with E-state index in [0.29, 0.717) is 18.2 Å². The Bertz CT molecular complexity index is 984. The lowest BCUT2D eigenvalue weighted by molar-refractivity contribution is 0.0980. The third kappa shape index (κ3) is 3.67. The average molecular weight is 373 g/mol. The maximum absolute atomic E-state index is 13.1. The molecule has 3 aromatic rings. The molecule has 142 valence electrons. The van der Waals surface area contributed by atoms with Crippen LogP contribution in [0.5, 0.6) is 0 Å². The summed E-state index contributed by atoms with van der Waals surface area (Å²) in [5.41, 5.74) is 4.55. The Morgan fingerprint density at radius 3 is 2.64 bits per heavy atom. The Morgan fingerprint density at radius 1 is 1.07 bits per heavy atom. The van der Waals surface area contributed by atoms with Crippen LogP contribution in [0.25, 0.3) is 0 Å². The molecule has 0 fully saturated rings. The molecule has 1 aromatic heterocycles. The van der Waals surface area contributed by atoms with Crippen molar-refractivity contribution in [3.8, 4) is 0 Å². The fourth-order valence-electron chi connectivity index (χ4n) is 3.39. The summed E-state index contributed by atoms with van der Waals surface area (Å²) in [6.07, 6.45) is 3.57. The molecule has 0 radical (unpaired) electrons. The minimum absolute atomic E-state index is 0.0967. The van der Waals surface area contributed by atoms with Crippen LogP contribution in [-0.2, 0) is 6.42 Å². The largest absolute Gasteiger partial charge is 0.378 e. The molecule has 0 atom stereocenters. The van der Waals surface area contributed by atoms with Crippen molar-refractivity contribution in [3.05, 3.63) is 72.1 Å². The molecule has 0 spiro atoms. The van der Waals surface area contributed by atoms with Crippen molar-refractivity contribution in [1.29, 1.82) is 0 Å². The Hall–Kier alpha value is -3.41. The number of amides is 1. The van der Waals surface area contributed by atoms with Crippen LogP contribution < -0.4 is 15.1 Å². The highest BCUT2D eigenvalue weighted by Gasteiger charge is 2.24. The summed E-state index contributed by atoms with van der Waals surface area (Å²) in [5.74, 6) is 0.314. The molecule has 28 heavy (non-hydrogen) atoms. The van der Waals surface area contributed by atoms with Crippen LogP contribution in [0.2, 0.25) is 0 Å². The fraction of sp³-hybridized carbons (Fsp3) is 0.227. The van der Waals surface area contributed by atoms with E-state index in [1.165, 1.54) is 5.56 Å². The van der Waals surface area contributed by atoms with Crippen molar-refractivity contribution >= 4 is 28.9 Å². The van der Waals surface area contributed by atoms with Gasteiger partial charge in [0.1, 0.15) is 5.69 Å². The number of aryl methyl sites for hydroxylation is 1. The zero-order valence-electron chi connectivity index (χ0n) is 16.1. The molecule has 2 aromatic carbocycles. The molecule has 0 aliphatic carbocycles. The number of anilines is 4. The maximum Gasteiger partial charge on any atom is 0.277 e. The highest BCUT2D eigenvalue weighted by molar-refractivity contribution is 6.05. The van der Waals surface area contributed by atoms with Gasteiger partial charge < -0.3 is 15.1 Å². The lowest BCUT2D eigenvalue weighted by atomic mass is 10.0. The maximum atomic E-state index is 13.1. The average Bonchev–Trinajstić information content (AvgIpc) is 2.73. The molecule has 0 saturated heterocycles. The minimum atomic E-state index is -0.0967. The SMILES string of the molecule is CN(C)c1ccc(Nc2nccc(C(=O)N3CCCc4ccccc43)n2)cc1. The van der Waals surface area contributed by atoms with Gasteiger partial charge in [-0.25, -0.2) is 9.97 Å². The number of nitrogens with one attached hydrogen (secondary N) is 1. The molecule has 6 nitrogen and oxygen atoms in total. The van der Waals surface area contributed by atoms with Crippen LogP contribution in [-0.4, -0.2) is 36.5 Å². The van der Waals surface area contributed by atoms with Crippen molar-refractivity contribution in [1.82, 2.24) is 9.97 Å². The molecule has 2 heterocycles. The molecule has 1 aliphatic heterocycles. The van der Waals surface area contributed by atoms with E-state index in [1.807, 2.05) is 66.4 Å². The number of aromatic nitrogens is 2. The fourth-order valence-corrected chi connectivity index (χ4v) is 3.39. The van der Waals surface area contributed by atoms with Gasteiger partial charge >= 0.3 is 0 Å². The summed E-state index contributed by atoms with van der Waals surface area (Å²) in [5, 5.41) is 3.18. The molecule has 0 unspecified atom stereocenters. The summed E-state index contributed by atoms with van der Waals surface area (Å²) >= 11 is 0. The minimum Gasteiger partial charge on any atom is -0.378 e. The van der Waals surface area contributed by atoms with Crippen LogP contribution >= 0.6 is 0 Å².